The molecule has 0 bridgehead atoms. The highest BCUT2D eigenvalue weighted by Gasteiger charge is 2.20. The predicted molar refractivity (Wildman–Crippen MR) is 120 cm³/mol. The maximum atomic E-state index is 13.4. The van der Waals surface area contributed by atoms with E-state index < -0.39 is 0 Å². The van der Waals surface area contributed by atoms with Gasteiger partial charge >= 0.3 is 0 Å². The van der Waals surface area contributed by atoms with Crippen molar-refractivity contribution < 1.29 is 0 Å². The highest BCUT2D eigenvalue weighted by Crippen LogP contribution is 2.26. The fourth-order valence-electron chi connectivity index (χ4n) is 3.93. The summed E-state index contributed by atoms with van der Waals surface area (Å²) < 4.78 is 3.75. The lowest BCUT2D eigenvalue weighted by Gasteiger charge is -2.12. The second-order valence-corrected chi connectivity index (χ2v) is 7.68. The standard InChI is InChI=1S/C24H23N5O/c1-3-16(2)29-15-25-22-20(24(29)30)21-23(27-19-12-8-7-11-18(19)26-21)28(22)14-13-17-9-5-4-6-10-17/h4-12,15-16H,3,13-14H2,1-2H3/t16-/m1/s1. The van der Waals surface area contributed by atoms with Crippen LogP contribution in [0.5, 0.6) is 0 Å². The number of benzene rings is 2. The lowest BCUT2D eigenvalue weighted by Crippen LogP contribution is -2.23. The zero-order valence-corrected chi connectivity index (χ0v) is 17.1. The predicted octanol–water partition coefficient (Wildman–Crippen LogP) is 4.51. The molecule has 0 spiro atoms. The number of hydrogen-bond acceptors (Lipinski definition) is 4. The second-order valence-electron chi connectivity index (χ2n) is 7.68. The molecule has 6 nitrogen and oxygen atoms in total. The highest BCUT2D eigenvalue weighted by molar-refractivity contribution is 6.04. The van der Waals surface area contributed by atoms with Crippen LogP contribution in [0.25, 0.3) is 33.2 Å². The van der Waals surface area contributed by atoms with Crippen molar-refractivity contribution >= 4 is 33.2 Å². The number of para-hydroxylation sites is 2. The number of aromatic nitrogens is 5. The summed E-state index contributed by atoms with van der Waals surface area (Å²) in [5, 5.41) is 0.555. The van der Waals surface area contributed by atoms with E-state index in [1.54, 1.807) is 10.9 Å². The molecule has 3 heterocycles. The lowest BCUT2D eigenvalue weighted by molar-refractivity contribution is 0.510. The molecule has 0 aliphatic carbocycles. The third-order valence-electron chi connectivity index (χ3n) is 5.81. The van der Waals surface area contributed by atoms with Crippen molar-refractivity contribution in [3.63, 3.8) is 0 Å². The Morgan fingerprint density at radius 2 is 1.63 bits per heavy atom. The van der Waals surface area contributed by atoms with Crippen molar-refractivity contribution in [2.45, 2.75) is 39.3 Å². The molecule has 0 saturated carbocycles. The van der Waals surface area contributed by atoms with Gasteiger partial charge in [0.1, 0.15) is 17.2 Å². The molecular formula is C24H23N5O. The van der Waals surface area contributed by atoms with Crippen LogP contribution < -0.4 is 5.56 Å². The summed E-state index contributed by atoms with van der Waals surface area (Å²) in [5.74, 6) is 0. The van der Waals surface area contributed by atoms with E-state index in [0.29, 0.717) is 28.7 Å². The Morgan fingerprint density at radius 1 is 0.933 bits per heavy atom. The van der Waals surface area contributed by atoms with Crippen molar-refractivity contribution in [2.75, 3.05) is 0 Å². The van der Waals surface area contributed by atoms with Crippen LogP contribution in [0.1, 0.15) is 31.9 Å². The minimum absolute atomic E-state index is 0.0533. The van der Waals surface area contributed by atoms with Gasteiger partial charge in [-0.3, -0.25) is 9.36 Å². The van der Waals surface area contributed by atoms with E-state index in [4.69, 9.17) is 15.0 Å². The molecule has 6 heteroatoms. The summed E-state index contributed by atoms with van der Waals surface area (Å²) in [6.07, 6.45) is 3.34. The van der Waals surface area contributed by atoms with Gasteiger partial charge in [-0.2, -0.15) is 0 Å². The topological polar surface area (TPSA) is 65.6 Å². The van der Waals surface area contributed by atoms with E-state index in [1.165, 1.54) is 5.56 Å². The maximum Gasteiger partial charge on any atom is 0.265 e. The number of rotatable bonds is 5. The first-order valence-corrected chi connectivity index (χ1v) is 10.4. The summed E-state index contributed by atoms with van der Waals surface area (Å²) >= 11 is 0. The Kier molecular flexibility index (Phi) is 4.54. The minimum atomic E-state index is -0.0533. The van der Waals surface area contributed by atoms with Crippen LogP contribution in [0.4, 0.5) is 0 Å². The van der Waals surface area contributed by atoms with Crippen molar-refractivity contribution in [3.8, 4) is 0 Å². The van der Waals surface area contributed by atoms with Crippen LogP contribution >= 0.6 is 0 Å². The highest BCUT2D eigenvalue weighted by atomic mass is 16.1. The van der Waals surface area contributed by atoms with Crippen LogP contribution in [0.3, 0.4) is 0 Å². The maximum absolute atomic E-state index is 13.4. The smallest absolute Gasteiger partial charge is 0.265 e. The molecule has 30 heavy (non-hydrogen) atoms. The Bertz CT molecular complexity index is 1420. The number of hydrogen-bond donors (Lipinski definition) is 0. The average Bonchev–Trinajstić information content (AvgIpc) is 3.09. The van der Waals surface area contributed by atoms with Gasteiger partial charge in [0.15, 0.2) is 11.3 Å². The molecule has 5 rings (SSSR count). The van der Waals surface area contributed by atoms with Crippen LogP contribution in [-0.2, 0) is 13.0 Å². The molecule has 0 aliphatic rings. The monoisotopic (exact) mass is 397 g/mol. The first-order valence-electron chi connectivity index (χ1n) is 10.4. The van der Waals surface area contributed by atoms with E-state index in [0.717, 1.165) is 23.9 Å². The van der Waals surface area contributed by atoms with Gasteiger partial charge in [0.05, 0.1) is 11.0 Å². The fourth-order valence-corrected chi connectivity index (χ4v) is 3.93. The Morgan fingerprint density at radius 3 is 2.37 bits per heavy atom. The van der Waals surface area contributed by atoms with Crippen LogP contribution in [0.15, 0.2) is 65.7 Å². The van der Waals surface area contributed by atoms with Crippen molar-refractivity contribution in [1.29, 1.82) is 0 Å². The van der Waals surface area contributed by atoms with Gasteiger partial charge < -0.3 is 4.57 Å². The molecule has 0 aliphatic heterocycles. The molecule has 0 saturated heterocycles. The second kappa shape index (κ2) is 7.37. The van der Waals surface area contributed by atoms with E-state index in [-0.39, 0.29) is 11.6 Å². The summed E-state index contributed by atoms with van der Waals surface area (Å²) in [4.78, 5) is 27.8. The third kappa shape index (κ3) is 2.96. The molecule has 0 N–H and O–H groups in total. The Labute approximate surface area is 173 Å². The largest absolute Gasteiger partial charge is 0.308 e. The van der Waals surface area contributed by atoms with Crippen LogP contribution in [0, 0.1) is 0 Å². The minimum Gasteiger partial charge on any atom is -0.308 e. The first-order chi connectivity index (χ1) is 14.7. The summed E-state index contributed by atoms with van der Waals surface area (Å²) in [5.41, 5.74) is 4.77. The molecule has 150 valence electrons. The summed E-state index contributed by atoms with van der Waals surface area (Å²) in [6.45, 7) is 4.78. The van der Waals surface area contributed by atoms with E-state index in [1.807, 2.05) is 54.0 Å². The van der Waals surface area contributed by atoms with Crippen LogP contribution in [0.2, 0.25) is 0 Å². The van der Waals surface area contributed by atoms with Gasteiger partial charge in [0.2, 0.25) is 0 Å². The van der Waals surface area contributed by atoms with Crippen molar-refractivity contribution in [1.82, 2.24) is 24.1 Å². The Hall–Kier alpha value is -3.54. The third-order valence-corrected chi connectivity index (χ3v) is 5.81. The van der Waals surface area contributed by atoms with Gasteiger partial charge in [-0.15, -0.1) is 0 Å². The average molecular weight is 397 g/mol. The van der Waals surface area contributed by atoms with E-state index in [2.05, 4.69) is 19.1 Å². The number of fused-ring (bicyclic) bond motifs is 4. The van der Waals surface area contributed by atoms with Gasteiger partial charge in [-0.05, 0) is 37.5 Å². The van der Waals surface area contributed by atoms with Gasteiger partial charge in [0.25, 0.3) is 5.56 Å². The van der Waals surface area contributed by atoms with E-state index in [9.17, 15) is 4.79 Å². The summed E-state index contributed by atoms with van der Waals surface area (Å²) in [7, 11) is 0. The zero-order valence-electron chi connectivity index (χ0n) is 17.1. The number of nitrogens with zero attached hydrogens (tertiary/aromatic N) is 5. The lowest BCUT2D eigenvalue weighted by atomic mass is 10.1. The fraction of sp³-hybridized carbons (Fsp3) is 0.250. The van der Waals surface area contributed by atoms with E-state index >= 15 is 0 Å². The molecule has 0 amide bonds. The molecular weight excluding hydrogens is 374 g/mol. The van der Waals surface area contributed by atoms with Gasteiger partial charge in [-0.25, -0.2) is 15.0 Å². The SMILES string of the molecule is CC[C@@H](C)n1cnc2c(c1=O)c1nc3ccccc3nc1n2CCc1ccccc1. The van der Waals surface area contributed by atoms with Crippen molar-refractivity contribution in [3.05, 3.63) is 76.8 Å². The quantitative estimate of drug-likeness (QED) is 0.438. The summed E-state index contributed by atoms with van der Waals surface area (Å²) in [6, 6.07) is 18.2. The Balaban J connectivity index is 1.78. The van der Waals surface area contributed by atoms with Gasteiger partial charge in [-0.1, -0.05) is 49.4 Å². The number of aryl methyl sites for hydroxylation is 2. The van der Waals surface area contributed by atoms with Crippen molar-refractivity contribution in [2.24, 2.45) is 0 Å². The molecule has 1 atom stereocenters. The van der Waals surface area contributed by atoms with Gasteiger partial charge in [0, 0.05) is 12.6 Å². The molecule has 5 aromatic rings. The molecule has 0 unspecified atom stereocenters. The molecule has 0 fully saturated rings. The normalized spacial score (nSPS) is 12.7. The molecule has 0 radical (unpaired) electrons. The van der Waals surface area contributed by atoms with Crippen LogP contribution in [-0.4, -0.2) is 24.1 Å². The molecule has 2 aromatic carbocycles. The zero-order chi connectivity index (χ0) is 20.7. The first kappa shape index (κ1) is 18.5. The molecule has 3 aromatic heterocycles.